The SMILES string of the molecule is O=C(Nc1ccc(OC(=O)N2CCN(CCc3ccccn3)CC2)nc1)c1ccc(CN2CCCCC2)cc1. The fourth-order valence-corrected chi connectivity index (χ4v) is 4.98. The zero-order valence-corrected chi connectivity index (χ0v) is 22.3. The Morgan fingerprint density at radius 3 is 2.31 bits per heavy atom. The molecule has 0 bridgehead atoms. The molecule has 2 aromatic heterocycles. The van der Waals surface area contributed by atoms with Gasteiger partial charge in [-0.25, -0.2) is 9.78 Å². The van der Waals surface area contributed by atoms with Crippen molar-refractivity contribution in [3.63, 3.8) is 0 Å². The number of piperazine rings is 1. The second-order valence-electron chi connectivity index (χ2n) is 10.1. The third-order valence-corrected chi connectivity index (χ3v) is 7.30. The van der Waals surface area contributed by atoms with Gasteiger partial charge in [-0.2, -0.15) is 0 Å². The second kappa shape index (κ2) is 13.3. The van der Waals surface area contributed by atoms with Gasteiger partial charge < -0.3 is 15.0 Å². The number of amides is 2. The van der Waals surface area contributed by atoms with Gasteiger partial charge in [0, 0.05) is 69.2 Å². The largest absolute Gasteiger partial charge is 0.416 e. The summed E-state index contributed by atoms with van der Waals surface area (Å²) in [4.78, 5) is 40.4. The van der Waals surface area contributed by atoms with E-state index in [2.05, 4.69) is 25.1 Å². The molecule has 39 heavy (non-hydrogen) atoms. The Morgan fingerprint density at radius 2 is 1.62 bits per heavy atom. The Labute approximate surface area is 229 Å². The fourth-order valence-electron chi connectivity index (χ4n) is 4.98. The number of carbonyl (C=O) groups is 2. The van der Waals surface area contributed by atoms with Crippen LogP contribution in [0, 0.1) is 0 Å². The van der Waals surface area contributed by atoms with E-state index in [0.29, 0.717) is 24.3 Å². The van der Waals surface area contributed by atoms with Gasteiger partial charge in [0.05, 0.1) is 11.9 Å². The van der Waals surface area contributed by atoms with Gasteiger partial charge in [0.2, 0.25) is 5.88 Å². The van der Waals surface area contributed by atoms with Gasteiger partial charge in [-0.15, -0.1) is 0 Å². The quantitative estimate of drug-likeness (QED) is 0.471. The van der Waals surface area contributed by atoms with Crippen molar-refractivity contribution in [1.82, 2.24) is 24.7 Å². The highest BCUT2D eigenvalue weighted by Gasteiger charge is 2.23. The number of hydrogen-bond donors (Lipinski definition) is 1. The molecule has 9 heteroatoms. The van der Waals surface area contributed by atoms with Gasteiger partial charge >= 0.3 is 6.09 Å². The molecule has 204 valence electrons. The van der Waals surface area contributed by atoms with Gasteiger partial charge in [-0.3, -0.25) is 19.6 Å². The summed E-state index contributed by atoms with van der Waals surface area (Å²) in [5.74, 6) is 0.00429. The zero-order valence-electron chi connectivity index (χ0n) is 22.3. The first-order valence-corrected chi connectivity index (χ1v) is 13.8. The summed E-state index contributed by atoms with van der Waals surface area (Å²) < 4.78 is 5.47. The molecule has 4 heterocycles. The lowest BCUT2D eigenvalue weighted by Gasteiger charge is -2.33. The van der Waals surface area contributed by atoms with Crippen molar-refractivity contribution in [3.8, 4) is 5.88 Å². The van der Waals surface area contributed by atoms with Crippen LogP contribution in [0.15, 0.2) is 67.0 Å². The lowest BCUT2D eigenvalue weighted by molar-refractivity contribution is 0.102. The van der Waals surface area contributed by atoms with E-state index in [1.807, 2.05) is 48.7 Å². The van der Waals surface area contributed by atoms with Crippen molar-refractivity contribution in [2.45, 2.75) is 32.2 Å². The summed E-state index contributed by atoms with van der Waals surface area (Å²) in [5, 5.41) is 2.86. The van der Waals surface area contributed by atoms with E-state index in [1.165, 1.54) is 31.0 Å². The number of anilines is 1. The summed E-state index contributed by atoms with van der Waals surface area (Å²) in [5.41, 5.74) is 3.42. The number of nitrogens with zero attached hydrogens (tertiary/aromatic N) is 5. The average molecular weight is 529 g/mol. The molecule has 5 rings (SSSR count). The summed E-state index contributed by atoms with van der Waals surface area (Å²) >= 11 is 0. The molecule has 3 aromatic rings. The Hall–Kier alpha value is -3.82. The Kier molecular flexibility index (Phi) is 9.13. The van der Waals surface area contributed by atoms with Crippen LogP contribution < -0.4 is 10.1 Å². The van der Waals surface area contributed by atoms with Crippen molar-refractivity contribution in [1.29, 1.82) is 0 Å². The maximum atomic E-state index is 12.7. The third kappa shape index (κ3) is 7.84. The molecule has 2 fully saturated rings. The number of pyridine rings is 2. The minimum atomic E-state index is -0.409. The molecule has 0 aliphatic carbocycles. The van der Waals surface area contributed by atoms with Crippen LogP contribution in [0.25, 0.3) is 0 Å². The van der Waals surface area contributed by atoms with Crippen LogP contribution in [0.4, 0.5) is 10.5 Å². The fraction of sp³-hybridized carbons (Fsp3) is 0.400. The highest BCUT2D eigenvalue weighted by Crippen LogP contribution is 2.17. The van der Waals surface area contributed by atoms with Gasteiger partial charge in [-0.1, -0.05) is 24.6 Å². The first kappa shape index (κ1) is 26.8. The molecule has 0 radical (unpaired) electrons. The van der Waals surface area contributed by atoms with Crippen molar-refractivity contribution >= 4 is 17.7 Å². The molecule has 0 saturated carbocycles. The van der Waals surface area contributed by atoms with Gasteiger partial charge in [0.25, 0.3) is 5.91 Å². The maximum absolute atomic E-state index is 12.7. The van der Waals surface area contributed by atoms with Crippen LogP contribution in [0.1, 0.15) is 40.9 Å². The van der Waals surface area contributed by atoms with Crippen molar-refractivity contribution in [3.05, 3.63) is 83.8 Å². The number of hydrogen-bond acceptors (Lipinski definition) is 7. The van der Waals surface area contributed by atoms with E-state index >= 15 is 0 Å². The number of ether oxygens (including phenoxy) is 1. The molecule has 0 spiro atoms. The number of aromatic nitrogens is 2. The Balaban J connectivity index is 1.04. The lowest BCUT2D eigenvalue weighted by Crippen LogP contribution is -2.50. The number of carbonyl (C=O) groups excluding carboxylic acids is 2. The van der Waals surface area contributed by atoms with Crippen LogP contribution in [0.5, 0.6) is 5.88 Å². The number of likely N-dealkylation sites (tertiary alicyclic amines) is 1. The van der Waals surface area contributed by atoms with E-state index in [4.69, 9.17) is 4.74 Å². The van der Waals surface area contributed by atoms with Crippen LogP contribution >= 0.6 is 0 Å². The third-order valence-electron chi connectivity index (χ3n) is 7.30. The molecule has 1 aromatic carbocycles. The monoisotopic (exact) mass is 528 g/mol. The summed E-state index contributed by atoms with van der Waals surface area (Å²) in [6, 6.07) is 17.0. The van der Waals surface area contributed by atoms with Crippen molar-refractivity contribution in [2.24, 2.45) is 0 Å². The maximum Gasteiger partial charge on any atom is 0.416 e. The molecule has 2 aliphatic heterocycles. The van der Waals surface area contributed by atoms with Crippen molar-refractivity contribution in [2.75, 3.05) is 51.1 Å². The van der Waals surface area contributed by atoms with E-state index in [0.717, 1.165) is 51.4 Å². The summed E-state index contributed by atoms with van der Waals surface area (Å²) in [6.07, 6.45) is 7.64. The molecule has 0 atom stereocenters. The zero-order chi connectivity index (χ0) is 26.9. The van der Waals surface area contributed by atoms with Gasteiger partial charge in [0.1, 0.15) is 0 Å². The highest BCUT2D eigenvalue weighted by atomic mass is 16.6. The van der Waals surface area contributed by atoms with Crippen LogP contribution in [0.2, 0.25) is 0 Å². The predicted octanol–water partition coefficient (Wildman–Crippen LogP) is 4.07. The standard InChI is InChI=1S/C30H36N6O3/c37-29(25-9-7-24(8-10-25)23-35-15-4-1-5-16-35)33-27-11-12-28(32-22-27)39-30(38)36-20-18-34(19-21-36)17-13-26-6-2-3-14-31-26/h2-3,6-12,14,22H,1,4-5,13,15-21,23H2,(H,33,37). The number of rotatable bonds is 8. The first-order chi connectivity index (χ1) is 19.1. The molecular weight excluding hydrogens is 492 g/mol. The molecule has 2 aliphatic rings. The number of benzene rings is 1. The number of piperidine rings is 1. The predicted molar refractivity (Wildman–Crippen MR) is 150 cm³/mol. The Morgan fingerprint density at radius 1 is 0.821 bits per heavy atom. The van der Waals surface area contributed by atoms with E-state index in [9.17, 15) is 9.59 Å². The van der Waals surface area contributed by atoms with E-state index < -0.39 is 6.09 Å². The molecule has 9 nitrogen and oxygen atoms in total. The Bertz CT molecular complexity index is 1210. The van der Waals surface area contributed by atoms with Crippen LogP contribution in [0.3, 0.4) is 0 Å². The van der Waals surface area contributed by atoms with Crippen LogP contribution in [-0.4, -0.2) is 82.5 Å². The second-order valence-corrected chi connectivity index (χ2v) is 10.1. The summed E-state index contributed by atoms with van der Waals surface area (Å²) in [6.45, 7) is 6.91. The lowest BCUT2D eigenvalue weighted by atomic mass is 10.1. The average Bonchev–Trinajstić information content (AvgIpc) is 2.99. The molecule has 2 saturated heterocycles. The molecule has 1 N–H and O–H groups in total. The van der Waals surface area contributed by atoms with Gasteiger partial charge in [0.15, 0.2) is 0 Å². The number of nitrogens with one attached hydrogen (secondary N) is 1. The molecule has 2 amide bonds. The summed E-state index contributed by atoms with van der Waals surface area (Å²) in [7, 11) is 0. The topological polar surface area (TPSA) is 90.9 Å². The van der Waals surface area contributed by atoms with E-state index in [-0.39, 0.29) is 11.8 Å². The smallest absolute Gasteiger partial charge is 0.391 e. The normalized spacial score (nSPS) is 16.6. The molecule has 0 unspecified atom stereocenters. The van der Waals surface area contributed by atoms with Gasteiger partial charge in [-0.05, 0) is 61.8 Å². The minimum Gasteiger partial charge on any atom is -0.391 e. The molecular formula is C30H36N6O3. The highest BCUT2D eigenvalue weighted by molar-refractivity contribution is 6.04. The van der Waals surface area contributed by atoms with E-state index in [1.54, 1.807) is 17.0 Å². The van der Waals surface area contributed by atoms with Crippen LogP contribution in [-0.2, 0) is 13.0 Å². The van der Waals surface area contributed by atoms with Crippen molar-refractivity contribution < 1.29 is 14.3 Å². The minimum absolute atomic E-state index is 0.202. The first-order valence-electron chi connectivity index (χ1n) is 13.8.